The largest absolute Gasteiger partial charge is 0.355 e. The van der Waals surface area contributed by atoms with Crippen molar-refractivity contribution < 1.29 is 4.79 Å². The van der Waals surface area contributed by atoms with Crippen molar-refractivity contribution >= 4 is 27.7 Å². The van der Waals surface area contributed by atoms with Gasteiger partial charge in [0.2, 0.25) is 5.91 Å². The van der Waals surface area contributed by atoms with Crippen LogP contribution in [0.3, 0.4) is 0 Å². The summed E-state index contributed by atoms with van der Waals surface area (Å²) >= 11 is 0. The Morgan fingerprint density at radius 3 is 2.61 bits per heavy atom. The number of aromatic nitrogens is 3. The summed E-state index contributed by atoms with van der Waals surface area (Å²) < 4.78 is 3.09. The first-order chi connectivity index (χ1) is 13.6. The molecule has 6 heteroatoms. The molecule has 0 unspecified atom stereocenters. The Kier molecular flexibility index (Phi) is 4.93. The van der Waals surface area contributed by atoms with Gasteiger partial charge >= 0.3 is 0 Å². The Hall–Kier alpha value is -3.41. The van der Waals surface area contributed by atoms with Gasteiger partial charge in [-0.1, -0.05) is 48.5 Å². The molecule has 2 aromatic heterocycles. The van der Waals surface area contributed by atoms with Crippen LogP contribution in [0.4, 0.5) is 0 Å². The molecule has 0 bridgehead atoms. The fourth-order valence-electron chi connectivity index (χ4n) is 3.57. The predicted molar refractivity (Wildman–Crippen MR) is 110 cm³/mol. The topological polar surface area (TPSA) is 68.9 Å². The van der Waals surface area contributed by atoms with Gasteiger partial charge in [0.1, 0.15) is 12.1 Å². The van der Waals surface area contributed by atoms with Gasteiger partial charge in [0, 0.05) is 29.9 Å². The van der Waals surface area contributed by atoms with E-state index in [-0.39, 0.29) is 18.0 Å². The molecule has 0 atom stereocenters. The molecule has 0 saturated carbocycles. The Morgan fingerprint density at radius 2 is 1.79 bits per heavy atom. The molecule has 0 saturated heterocycles. The van der Waals surface area contributed by atoms with Crippen molar-refractivity contribution in [3.05, 3.63) is 76.7 Å². The molecule has 4 aromatic rings. The lowest BCUT2D eigenvalue weighted by Gasteiger charge is -2.09. The number of carbonyl (C=O) groups is 1. The molecule has 0 fully saturated rings. The number of carbonyl (C=O) groups excluding carboxylic acids is 1. The van der Waals surface area contributed by atoms with Crippen LogP contribution in [0.15, 0.2) is 65.6 Å². The lowest BCUT2D eigenvalue weighted by molar-refractivity contribution is -0.121. The second kappa shape index (κ2) is 7.68. The van der Waals surface area contributed by atoms with Crippen LogP contribution in [0.1, 0.15) is 12.0 Å². The van der Waals surface area contributed by atoms with E-state index in [2.05, 4.69) is 22.5 Å². The van der Waals surface area contributed by atoms with Crippen LogP contribution >= 0.6 is 0 Å². The minimum atomic E-state index is -0.203. The molecule has 4 rings (SSSR count). The van der Waals surface area contributed by atoms with E-state index in [4.69, 9.17) is 0 Å². The molecule has 1 amide bonds. The Balaban J connectivity index is 1.53. The maximum atomic E-state index is 12.7. The third-order valence-electron chi connectivity index (χ3n) is 4.98. The van der Waals surface area contributed by atoms with Crippen LogP contribution in [0.2, 0.25) is 0 Å². The third kappa shape index (κ3) is 3.41. The van der Waals surface area contributed by atoms with Crippen molar-refractivity contribution in [3.8, 4) is 0 Å². The van der Waals surface area contributed by atoms with Gasteiger partial charge in [-0.05, 0) is 24.5 Å². The smallest absolute Gasteiger partial charge is 0.291 e. The summed E-state index contributed by atoms with van der Waals surface area (Å²) in [7, 11) is 1.62. The number of amides is 1. The van der Waals surface area contributed by atoms with Gasteiger partial charge in [0.25, 0.3) is 5.56 Å². The van der Waals surface area contributed by atoms with Gasteiger partial charge in [-0.2, -0.15) is 5.10 Å². The highest BCUT2D eigenvalue weighted by atomic mass is 16.2. The normalized spacial score (nSPS) is 11.2. The minimum Gasteiger partial charge on any atom is -0.355 e. The van der Waals surface area contributed by atoms with Crippen molar-refractivity contribution in [2.24, 2.45) is 7.05 Å². The summed E-state index contributed by atoms with van der Waals surface area (Å²) in [6.07, 6.45) is 3.48. The van der Waals surface area contributed by atoms with Crippen molar-refractivity contribution in [2.45, 2.75) is 19.4 Å². The molecule has 1 N–H and O–H groups in total. The maximum absolute atomic E-state index is 12.7. The summed E-state index contributed by atoms with van der Waals surface area (Å²) in [5.41, 5.74) is 2.43. The molecular weight excluding hydrogens is 352 g/mol. The van der Waals surface area contributed by atoms with E-state index in [0.717, 1.165) is 29.1 Å². The summed E-state index contributed by atoms with van der Waals surface area (Å²) in [6.45, 7) is 0.707. The Labute approximate surface area is 162 Å². The minimum absolute atomic E-state index is 0.102. The molecule has 6 nitrogen and oxygen atoms in total. The SMILES string of the molecule is Cn1ncc2c3ccccc3n(CC(=O)NCCCc3ccccc3)c2c1=O. The van der Waals surface area contributed by atoms with Crippen molar-refractivity contribution in [3.63, 3.8) is 0 Å². The van der Waals surface area contributed by atoms with Crippen molar-refractivity contribution in [1.29, 1.82) is 0 Å². The monoisotopic (exact) mass is 374 g/mol. The number of aryl methyl sites for hydroxylation is 2. The van der Waals surface area contributed by atoms with Gasteiger partial charge in [-0.25, -0.2) is 4.68 Å². The highest BCUT2D eigenvalue weighted by molar-refractivity contribution is 6.07. The number of nitrogens with zero attached hydrogens (tertiary/aromatic N) is 3. The second-order valence-electron chi connectivity index (χ2n) is 6.88. The van der Waals surface area contributed by atoms with Crippen LogP contribution in [0.25, 0.3) is 21.8 Å². The van der Waals surface area contributed by atoms with Crippen LogP contribution in [-0.2, 0) is 24.8 Å². The first-order valence-corrected chi connectivity index (χ1v) is 9.39. The summed E-state index contributed by atoms with van der Waals surface area (Å²) in [4.78, 5) is 25.2. The molecule has 0 aliphatic rings. The van der Waals surface area contributed by atoms with E-state index < -0.39 is 0 Å². The number of para-hydroxylation sites is 1. The zero-order chi connectivity index (χ0) is 19.5. The standard InChI is InChI=1S/C22H22N4O2/c1-25-22(28)21-18(14-24-25)17-11-5-6-12-19(17)26(21)15-20(27)23-13-7-10-16-8-3-2-4-9-16/h2-6,8-9,11-12,14H,7,10,13,15H2,1H3,(H,23,27). The number of rotatable bonds is 6. The van der Waals surface area contributed by atoms with Gasteiger partial charge in [0.05, 0.1) is 6.20 Å². The molecule has 2 heterocycles. The number of nitrogens with one attached hydrogen (secondary N) is 1. The quantitative estimate of drug-likeness (QED) is 0.528. The van der Waals surface area contributed by atoms with Crippen molar-refractivity contribution in [1.82, 2.24) is 19.7 Å². The molecule has 2 aromatic carbocycles. The molecule has 0 radical (unpaired) electrons. The highest BCUT2D eigenvalue weighted by Gasteiger charge is 2.16. The van der Waals surface area contributed by atoms with E-state index in [0.29, 0.717) is 12.1 Å². The predicted octanol–water partition coefficient (Wildman–Crippen LogP) is 2.64. The van der Waals surface area contributed by atoms with E-state index in [1.807, 2.05) is 42.5 Å². The average molecular weight is 374 g/mol. The van der Waals surface area contributed by atoms with E-state index in [1.165, 1.54) is 10.2 Å². The van der Waals surface area contributed by atoms with E-state index in [1.54, 1.807) is 17.8 Å². The average Bonchev–Trinajstić information content (AvgIpc) is 3.03. The van der Waals surface area contributed by atoms with Gasteiger partial charge in [0.15, 0.2) is 0 Å². The first-order valence-electron chi connectivity index (χ1n) is 9.39. The highest BCUT2D eigenvalue weighted by Crippen LogP contribution is 2.25. The number of hydrogen-bond acceptors (Lipinski definition) is 3. The number of fused-ring (bicyclic) bond motifs is 3. The van der Waals surface area contributed by atoms with E-state index in [9.17, 15) is 9.59 Å². The molecule has 28 heavy (non-hydrogen) atoms. The lowest BCUT2D eigenvalue weighted by Crippen LogP contribution is -2.30. The fraction of sp³-hybridized carbons (Fsp3) is 0.227. The zero-order valence-corrected chi connectivity index (χ0v) is 15.8. The van der Waals surface area contributed by atoms with Crippen LogP contribution in [0.5, 0.6) is 0 Å². The molecule has 0 spiro atoms. The molecule has 142 valence electrons. The molecule has 0 aliphatic carbocycles. The summed E-state index contributed by atoms with van der Waals surface area (Å²) in [5.74, 6) is -0.102. The lowest BCUT2D eigenvalue weighted by atomic mass is 10.1. The van der Waals surface area contributed by atoms with Crippen LogP contribution in [-0.4, -0.2) is 26.8 Å². The molecule has 0 aliphatic heterocycles. The number of benzene rings is 2. The third-order valence-corrected chi connectivity index (χ3v) is 4.98. The Bertz CT molecular complexity index is 1190. The number of hydrogen-bond donors (Lipinski definition) is 1. The summed E-state index contributed by atoms with van der Waals surface area (Å²) in [5, 5.41) is 8.80. The van der Waals surface area contributed by atoms with Crippen LogP contribution in [0, 0.1) is 0 Å². The fourth-order valence-corrected chi connectivity index (χ4v) is 3.57. The Morgan fingerprint density at radius 1 is 1.04 bits per heavy atom. The van der Waals surface area contributed by atoms with Crippen LogP contribution < -0.4 is 10.9 Å². The van der Waals surface area contributed by atoms with Gasteiger partial charge in [-0.15, -0.1) is 0 Å². The first kappa shape index (κ1) is 18.0. The van der Waals surface area contributed by atoms with Gasteiger partial charge in [-0.3, -0.25) is 9.59 Å². The van der Waals surface area contributed by atoms with Crippen molar-refractivity contribution in [2.75, 3.05) is 6.54 Å². The van der Waals surface area contributed by atoms with Gasteiger partial charge < -0.3 is 9.88 Å². The second-order valence-corrected chi connectivity index (χ2v) is 6.88. The van der Waals surface area contributed by atoms with E-state index >= 15 is 0 Å². The summed E-state index contributed by atoms with van der Waals surface area (Å²) in [6, 6.07) is 17.9. The molecular formula is C22H22N4O2. The zero-order valence-electron chi connectivity index (χ0n) is 15.8. The maximum Gasteiger partial charge on any atom is 0.291 e.